The Morgan fingerprint density at radius 3 is 2.59 bits per heavy atom. The number of carbonyl (C=O) groups excluding carboxylic acids is 1. The molecule has 2 N–H and O–H groups in total. The van der Waals surface area contributed by atoms with Gasteiger partial charge < -0.3 is 15.2 Å². The van der Waals surface area contributed by atoms with Gasteiger partial charge in [-0.15, -0.1) is 0 Å². The maximum Gasteiger partial charge on any atom is 0.224 e. The van der Waals surface area contributed by atoms with E-state index in [4.69, 9.17) is 4.74 Å². The molecule has 116 valence electrons. The molecular weight excluding hydrogens is 278 g/mol. The fourth-order valence-electron chi connectivity index (χ4n) is 2.15. The average Bonchev–Trinajstić information content (AvgIpc) is 2.53. The van der Waals surface area contributed by atoms with Gasteiger partial charge in [-0.2, -0.15) is 0 Å². The van der Waals surface area contributed by atoms with Crippen molar-refractivity contribution >= 4 is 11.6 Å². The van der Waals surface area contributed by atoms with Crippen LogP contribution < -0.4 is 10.1 Å². The summed E-state index contributed by atoms with van der Waals surface area (Å²) >= 11 is 0. The number of methoxy groups -OCH3 is 1. The number of hydrogen-bond donors (Lipinski definition) is 2. The fraction of sp³-hybridized carbons (Fsp3) is 0.278. The van der Waals surface area contributed by atoms with Gasteiger partial charge in [0, 0.05) is 12.1 Å². The van der Waals surface area contributed by atoms with Gasteiger partial charge in [0.2, 0.25) is 5.91 Å². The quantitative estimate of drug-likeness (QED) is 0.860. The highest BCUT2D eigenvalue weighted by atomic mass is 16.5. The van der Waals surface area contributed by atoms with Crippen LogP contribution in [0.1, 0.15) is 30.6 Å². The molecule has 0 aliphatic carbocycles. The van der Waals surface area contributed by atoms with E-state index in [2.05, 4.69) is 5.32 Å². The minimum Gasteiger partial charge on any atom is -0.497 e. The van der Waals surface area contributed by atoms with Crippen LogP contribution in [0.25, 0.3) is 0 Å². The zero-order valence-electron chi connectivity index (χ0n) is 12.9. The van der Waals surface area contributed by atoms with E-state index < -0.39 is 6.10 Å². The number of amides is 1. The molecule has 0 radical (unpaired) electrons. The second-order valence-corrected chi connectivity index (χ2v) is 5.20. The van der Waals surface area contributed by atoms with Gasteiger partial charge >= 0.3 is 0 Å². The van der Waals surface area contributed by atoms with Crippen molar-refractivity contribution in [2.45, 2.75) is 25.9 Å². The SMILES string of the molecule is COc1ccc(CCC(=O)Nc2cccc(C(C)O)c2)cc1. The first-order valence-electron chi connectivity index (χ1n) is 7.29. The summed E-state index contributed by atoms with van der Waals surface area (Å²) in [7, 11) is 1.63. The number of anilines is 1. The van der Waals surface area contributed by atoms with Crippen LogP contribution in [0.3, 0.4) is 0 Å². The lowest BCUT2D eigenvalue weighted by molar-refractivity contribution is -0.116. The summed E-state index contributed by atoms with van der Waals surface area (Å²) in [5.74, 6) is 0.765. The van der Waals surface area contributed by atoms with E-state index in [0.717, 1.165) is 16.9 Å². The summed E-state index contributed by atoms with van der Waals surface area (Å²) in [5.41, 5.74) is 2.58. The third kappa shape index (κ3) is 4.60. The van der Waals surface area contributed by atoms with Gasteiger partial charge in [0.1, 0.15) is 5.75 Å². The van der Waals surface area contributed by atoms with E-state index >= 15 is 0 Å². The molecule has 1 unspecified atom stereocenters. The number of nitrogens with one attached hydrogen (secondary N) is 1. The summed E-state index contributed by atoms with van der Waals surface area (Å²) in [6, 6.07) is 14.9. The molecule has 0 saturated carbocycles. The van der Waals surface area contributed by atoms with Crippen molar-refractivity contribution in [3.8, 4) is 5.75 Å². The Balaban J connectivity index is 1.88. The molecule has 0 heterocycles. The van der Waals surface area contributed by atoms with Gasteiger partial charge in [-0.1, -0.05) is 24.3 Å². The lowest BCUT2D eigenvalue weighted by atomic mass is 10.1. The molecule has 0 fully saturated rings. The molecule has 0 aliphatic heterocycles. The third-order valence-electron chi connectivity index (χ3n) is 3.45. The largest absolute Gasteiger partial charge is 0.497 e. The maximum atomic E-state index is 12.0. The van der Waals surface area contributed by atoms with Crippen molar-refractivity contribution in [2.24, 2.45) is 0 Å². The Kier molecular flexibility index (Phi) is 5.55. The van der Waals surface area contributed by atoms with Gasteiger partial charge in [0.25, 0.3) is 0 Å². The molecule has 2 rings (SSSR count). The fourth-order valence-corrected chi connectivity index (χ4v) is 2.15. The Bertz CT molecular complexity index is 620. The first-order valence-corrected chi connectivity index (χ1v) is 7.29. The van der Waals surface area contributed by atoms with Crippen LogP contribution in [0, 0.1) is 0 Å². The molecule has 0 spiro atoms. The van der Waals surface area contributed by atoms with Crippen LogP contribution in [0.4, 0.5) is 5.69 Å². The number of aryl methyl sites for hydroxylation is 1. The molecule has 0 bridgehead atoms. The third-order valence-corrected chi connectivity index (χ3v) is 3.45. The van der Waals surface area contributed by atoms with Gasteiger partial charge in [-0.3, -0.25) is 4.79 Å². The highest BCUT2D eigenvalue weighted by molar-refractivity contribution is 5.90. The zero-order valence-corrected chi connectivity index (χ0v) is 12.9. The molecule has 0 saturated heterocycles. The molecule has 1 amide bonds. The molecule has 0 aromatic heterocycles. The number of carbonyl (C=O) groups is 1. The molecule has 0 aliphatic rings. The Labute approximate surface area is 130 Å². The summed E-state index contributed by atoms with van der Waals surface area (Å²) in [4.78, 5) is 12.0. The first kappa shape index (κ1) is 16.0. The van der Waals surface area contributed by atoms with Crippen LogP contribution in [0.15, 0.2) is 48.5 Å². The van der Waals surface area contributed by atoms with Crippen molar-refractivity contribution in [1.82, 2.24) is 0 Å². The van der Waals surface area contributed by atoms with E-state index in [1.165, 1.54) is 0 Å². The molecule has 22 heavy (non-hydrogen) atoms. The predicted molar refractivity (Wildman–Crippen MR) is 87.0 cm³/mol. The number of ether oxygens (including phenoxy) is 1. The molecule has 4 heteroatoms. The Morgan fingerprint density at radius 2 is 1.95 bits per heavy atom. The highest BCUT2D eigenvalue weighted by Gasteiger charge is 2.06. The van der Waals surface area contributed by atoms with E-state index in [1.807, 2.05) is 42.5 Å². The first-order chi connectivity index (χ1) is 10.6. The van der Waals surface area contributed by atoms with Crippen molar-refractivity contribution in [2.75, 3.05) is 12.4 Å². The standard InChI is InChI=1S/C18H21NO3/c1-13(20)15-4-3-5-16(12-15)19-18(21)11-8-14-6-9-17(22-2)10-7-14/h3-7,9-10,12-13,20H,8,11H2,1-2H3,(H,19,21). The van der Waals surface area contributed by atoms with E-state index in [9.17, 15) is 9.90 Å². The van der Waals surface area contributed by atoms with E-state index in [-0.39, 0.29) is 5.91 Å². The van der Waals surface area contributed by atoms with Crippen LogP contribution in [-0.2, 0) is 11.2 Å². The second kappa shape index (κ2) is 7.61. The molecule has 2 aromatic carbocycles. The summed E-state index contributed by atoms with van der Waals surface area (Å²) in [6.07, 6.45) is 0.535. The van der Waals surface area contributed by atoms with Crippen LogP contribution in [0.5, 0.6) is 5.75 Å². The Hall–Kier alpha value is -2.33. The topological polar surface area (TPSA) is 58.6 Å². The lowest BCUT2D eigenvalue weighted by Gasteiger charge is -2.09. The summed E-state index contributed by atoms with van der Waals surface area (Å²) in [6.45, 7) is 1.70. The zero-order chi connectivity index (χ0) is 15.9. The van der Waals surface area contributed by atoms with Crippen molar-refractivity contribution in [1.29, 1.82) is 0 Å². The molecule has 2 aromatic rings. The summed E-state index contributed by atoms with van der Waals surface area (Å²) in [5, 5.41) is 12.4. The normalized spacial score (nSPS) is 11.8. The number of aliphatic hydroxyl groups is 1. The van der Waals surface area contributed by atoms with Gasteiger partial charge in [-0.05, 0) is 48.7 Å². The Morgan fingerprint density at radius 1 is 1.23 bits per heavy atom. The smallest absolute Gasteiger partial charge is 0.224 e. The van der Waals surface area contributed by atoms with Crippen LogP contribution in [0.2, 0.25) is 0 Å². The lowest BCUT2D eigenvalue weighted by Crippen LogP contribution is -2.12. The van der Waals surface area contributed by atoms with Gasteiger partial charge in [-0.25, -0.2) is 0 Å². The maximum absolute atomic E-state index is 12.0. The van der Waals surface area contributed by atoms with Crippen molar-refractivity contribution < 1.29 is 14.6 Å². The minimum absolute atomic E-state index is 0.0430. The minimum atomic E-state index is -0.545. The highest BCUT2D eigenvalue weighted by Crippen LogP contribution is 2.17. The number of aliphatic hydroxyl groups excluding tert-OH is 1. The number of hydrogen-bond acceptors (Lipinski definition) is 3. The monoisotopic (exact) mass is 299 g/mol. The molecular formula is C18H21NO3. The number of benzene rings is 2. The van der Waals surface area contributed by atoms with Crippen LogP contribution in [-0.4, -0.2) is 18.1 Å². The predicted octanol–water partition coefficient (Wildman–Crippen LogP) is 3.32. The van der Waals surface area contributed by atoms with Crippen molar-refractivity contribution in [3.63, 3.8) is 0 Å². The van der Waals surface area contributed by atoms with E-state index in [1.54, 1.807) is 20.1 Å². The van der Waals surface area contributed by atoms with E-state index in [0.29, 0.717) is 18.5 Å². The second-order valence-electron chi connectivity index (χ2n) is 5.20. The molecule has 1 atom stereocenters. The molecule has 4 nitrogen and oxygen atoms in total. The van der Waals surface area contributed by atoms with Gasteiger partial charge in [0.15, 0.2) is 0 Å². The van der Waals surface area contributed by atoms with Gasteiger partial charge in [0.05, 0.1) is 13.2 Å². The average molecular weight is 299 g/mol. The van der Waals surface area contributed by atoms with Crippen molar-refractivity contribution in [3.05, 3.63) is 59.7 Å². The number of rotatable bonds is 6. The van der Waals surface area contributed by atoms with Crippen LogP contribution >= 0.6 is 0 Å². The summed E-state index contributed by atoms with van der Waals surface area (Å²) < 4.78 is 5.10.